The maximum Gasteiger partial charge on any atom is 0.255 e. The Kier molecular flexibility index (Phi) is 6.57. The predicted molar refractivity (Wildman–Crippen MR) is 117 cm³/mol. The summed E-state index contributed by atoms with van der Waals surface area (Å²) in [6.45, 7) is 4.01. The van der Waals surface area contributed by atoms with Crippen LogP contribution in [0.3, 0.4) is 0 Å². The second-order valence-corrected chi connectivity index (χ2v) is 9.49. The standard InChI is InChI=1S/C22H27N3O5S/c1-29-20-8-5-17(14-21(20)31(27,28)24-18-6-7-18)22(26)23-19-4-2-3-16(13-19)15-25-9-11-30-12-10-25/h2-5,8,13-14,18,24H,6-7,9-12,15H2,1H3,(H,23,26). The van der Waals surface area contributed by atoms with Crippen molar-refractivity contribution in [2.45, 2.75) is 30.3 Å². The number of nitrogens with one attached hydrogen (secondary N) is 2. The van der Waals surface area contributed by atoms with Crippen LogP contribution in [-0.2, 0) is 21.3 Å². The van der Waals surface area contributed by atoms with Gasteiger partial charge in [-0.05, 0) is 48.7 Å². The fourth-order valence-corrected chi connectivity index (χ4v) is 4.98. The molecule has 2 aromatic carbocycles. The largest absolute Gasteiger partial charge is 0.495 e. The first-order chi connectivity index (χ1) is 14.9. The number of rotatable bonds is 8. The Labute approximate surface area is 182 Å². The second kappa shape index (κ2) is 9.35. The van der Waals surface area contributed by atoms with E-state index < -0.39 is 10.0 Å². The van der Waals surface area contributed by atoms with Crippen LogP contribution in [0, 0.1) is 0 Å². The molecule has 31 heavy (non-hydrogen) atoms. The van der Waals surface area contributed by atoms with Crippen LogP contribution in [0.1, 0.15) is 28.8 Å². The summed E-state index contributed by atoms with van der Waals surface area (Å²) in [7, 11) is -2.35. The van der Waals surface area contributed by atoms with E-state index >= 15 is 0 Å². The number of ether oxygens (including phenoxy) is 2. The van der Waals surface area contributed by atoms with Gasteiger partial charge in [-0.25, -0.2) is 13.1 Å². The average molecular weight is 446 g/mol. The van der Waals surface area contributed by atoms with E-state index in [0.29, 0.717) is 5.69 Å². The Morgan fingerprint density at radius 1 is 1.16 bits per heavy atom. The third-order valence-electron chi connectivity index (χ3n) is 5.31. The van der Waals surface area contributed by atoms with Crippen molar-refractivity contribution in [3.05, 3.63) is 53.6 Å². The Morgan fingerprint density at radius 2 is 1.94 bits per heavy atom. The highest BCUT2D eigenvalue weighted by atomic mass is 32.2. The molecule has 0 atom stereocenters. The maximum atomic E-state index is 12.8. The SMILES string of the molecule is COc1ccc(C(=O)Nc2cccc(CN3CCOCC3)c2)cc1S(=O)(=O)NC1CC1. The Bertz CT molecular complexity index is 1050. The van der Waals surface area contributed by atoms with Crippen LogP contribution in [0.5, 0.6) is 5.75 Å². The number of hydrogen-bond acceptors (Lipinski definition) is 6. The zero-order valence-electron chi connectivity index (χ0n) is 17.5. The number of nitrogens with zero attached hydrogens (tertiary/aromatic N) is 1. The van der Waals surface area contributed by atoms with Gasteiger partial charge in [-0.3, -0.25) is 9.69 Å². The predicted octanol–water partition coefficient (Wildman–Crippen LogP) is 2.22. The molecule has 9 heteroatoms. The molecule has 0 bridgehead atoms. The van der Waals surface area contributed by atoms with Crippen LogP contribution >= 0.6 is 0 Å². The third-order valence-corrected chi connectivity index (χ3v) is 6.85. The summed E-state index contributed by atoms with van der Waals surface area (Å²) in [4.78, 5) is 15.1. The average Bonchev–Trinajstić information content (AvgIpc) is 3.57. The number of anilines is 1. The zero-order valence-corrected chi connectivity index (χ0v) is 18.3. The van der Waals surface area contributed by atoms with Crippen molar-refractivity contribution in [2.24, 2.45) is 0 Å². The molecule has 1 aliphatic carbocycles. The highest BCUT2D eigenvalue weighted by Gasteiger charge is 2.30. The van der Waals surface area contributed by atoms with E-state index in [1.54, 1.807) is 6.07 Å². The second-order valence-electron chi connectivity index (χ2n) is 7.80. The summed E-state index contributed by atoms with van der Waals surface area (Å²) in [6.07, 6.45) is 1.64. The molecule has 0 radical (unpaired) electrons. The molecule has 0 unspecified atom stereocenters. The molecule has 2 N–H and O–H groups in total. The summed E-state index contributed by atoms with van der Waals surface area (Å²) < 4.78 is 38.6. The zero-order chi connectivity index (χ0) is 21.8. The molecule has 1 saturated heterocycles. The van der Waals surface area contributed by atoms with Gasteiger partial charge >= 0.3 is 0 Å². The van der Waals surface area contributed by atoms with Gasteiger partial charge in [-0.15, -0.1) is 0 Å². The molecular formula is C22H27N3O5S. The molecule has 1 aliphatic heterocycles. The lowest BCUT2D eigenvalue weighted by Crippen LogP contribution is -2.35. The molecule has 166 valence electrons. The lowest BCUT2D eigenvalue weighted by atomic mass is 10.1. The van der Waals surface area contributed by atoms with Crippen molar-refractivity contribution in [2.75, 3.05) is 38.7 Å². The van der Waals surface area contributed by atoms with Gasteiger partial charge in [0.25, 0.3) is 5.91 Å². The van der Waals surface area contributed by atoms with Gasteiger partial charge < -0.3 is 14.8 Å². The monoisotopic (exact) mass is 445 g/mol. The lowest BCUT2D eigenvalue weighted by Gasteiger charge is -2.26. The van der Waals surface area contributed by atoms with Crippen molar-refractivity contribution in [3.63, 3.8) is 0 Å². The van der Waals surface area contributed by atoms with Gasteiger partial charge in [0.05, 0.1) is 20.3 Å². The molecular weight excluding hydrogens is 418 g/mol. The van der Waals surface area contributed by atoms with Crippen molar-refractivity contribution < 1.29 is 22.7 Å². The highest BCUT2D eigenvalue weighted by molar-refractivity contribution is 7.89. The molecule has 1 heterocycles. The minimum Gasteiger partial charge on any atom is -0.495 e. The highest BCUT2D eigenvalue weighted by Crippen LogP contribution is 2.28. The van der Waals surface area contributed by atoms with Crippen LogP contribution < -0.4 is 14.8 Å². The molecule has 1 saturated carbocycles. The summed E-state index contributed by atoms with van der Waals surface area (Å²) in [5.41, 5.74) is 1.99. The van der Waals surface area contributed by atoms with E-state index in [2.05, 4.69) is 14.9 Å². The molecule has 2 aliphatic rings. The molecule has 2 aromatic rings. The molecule has 1 amide bonds. The first-order valence-electron chi connectivity index (χ1n) is 10.4. The number of sulfonamides is 1. The van der Waals surface area contributed by atoms with Crippen LogP contribution in [0.25, 0.3) is 0 Å². The summed E-state index contributed by atoms with van der Waals surface area (Å²) in [5.74, 6) is -0.175. The third kappa shape index (κ3) is 5.62. The molecule has 8 nitrogen and oxygen atoms in total. The summed E-state index contributed by atoms with van der Waals surface area (Å²) in [6, 6.07) is 12.0. The van der Waals surface area contributed by atoms with Crippen LogP contribution in [-0.4, -0.2) is 58.7 Å². The first-order valence-corrected chi connectivity index (χ1v) is 11.8. The lowest BCUT2D eigenvalue weighted by molar-refractivity contribution is 0.0342. The van der Waals surface area contributed by atoms with E-state index in [-0.39, 0.29) is 28.2 Å². The van der Waals surface area contributed by atoms with Gasteiger partial charge in [0, 0.05) is 36.9 Å². The number of hydrogen-bond donors (Lipinski definition) is 2. The normalized spacial score (nSPS) is 17.3. The Balaban J connectivity index is 1.49. The van der Waals surface area contributed by atoms with Crippen molar-refractivity contribution >= 4 is 21.6 Å². The number of carbonyl (C=O) groups excluding carboxylic acids is 1. The smallest absolute Gasteiger partial charge is 0.255 e. The minimum absolute atomic E-state index is 0.0318. The Hall–Kier alpha value is -2.46. The van der Waals surface area contributed by atoms with Gasteiger partial charge in [-0.2, -0.15) is 0 Å². The van der Waals surface area contributed by atoms with Gasteiger partial charge in [0.1, 0.15) is 10.6 Å². The van der Waals surface area contributed by atoms with Crippen molar-refractivity contribution in [1.82, 2.24) is 9.62 Å². The first kappa shape index (κ1) is 21.8. The molecule has 2 fully saturated rings. The Morgan fingerprint density at radius 3 is 2.65 bits per heavy atom. The number of methoxy groups -OCH3 is 1. The van der Waals surface area contributed by atoms with E-state index in [1.807, 2.05) is 24.3 Å². The fourth-order valence-electron chi connectivity index (χ4n) is 3.48. The topological polar surface area (TPSA) is 97.0 Å². The van der Waals surface area contributed by atoms with Gasteiger partial charge in [0.15, 0.2) is 0 Å². The summed E-state index contributed by atoms with van der Waals surface area (Å²) in [5, 5.41) is 2.87. The molecule has 0 spiro atoms. The maximum absolute atomic E-state index is 12.8. The van der Waals surface area contributed by atoms with Gasteiger partial charge in [0.2, 0.25) is 10.0 Å². The number of amides is 1. The molecule has 0 aromatic heterocycles. The van der Waals surface area contributed by atoms with Crippen LogP contribution in [0.4, 0.5) is 5.69 Å². The van der Waals surface area contributed by atoms with E-state index in [0.717, 1.165) is 51.3 Å². The fraction of sp³-hybridized carbons (Fsp3) is 0.409. The van der Waals surface area contributed by atoms with E-state index in [9.17, 15) is 13.2 Å². The van der Waals surface area contributed by atoms with Crippen LogP contribution in [0.2, 0.25) is 0 Å². The molecule has 4 rings (SSSR count). The quantitative estimate of drug-likeness (QED) is 0.647. The number of carbonyl (C=O) groups is 1. The van der Waals surface area contributed by atoms with Gasteiger partial charge in [-0.1, -0.05) is 12.1 Å². The van der Waals surface area contributed by atoms with Crippen molar-refractivity contribution in [1.29, 1.82) is 0 Å². The van der Waals surface area contributed by atoms with Crippen LogP contribution in [0.15, 0.2) is 47.4 Å². The summed E-state index contributed by atoms with van der Waals surface area (Å²) >= 11 is 0. The van der Waals surface area contributed by atoms with E-state index in [1.165, 1.54) is 19.2 Å². The minimum atomic E-state index is -3.76. The number of benzene rings is 2. The number of morpholine rings is 1. The van der Waals surface area contributed by atoms with Crippen molar-refractivity contribution in [3.8, 4) is 5.75 Å². The van der Waals surface area contributed by atoms with E-state index in [4.69, 9.17) is 9.47 Å².